The summed E-state index contributed by atoms with van der Waals surface area (Å²) in [5.74, 6) is 2.71. The van der Waals surface area contributed by atoms with E-state index in [1.165, 1.54) is 17.8 Å². The van der Waals surface area contributed by atoms with Gasteiger partial charge in [-0.15, -0.1) is 6.42 Å². The lowest BCUT2D eigenvalue weighted by Crippen LogP contribution is -2.34. The van der Waals surface area contributed by atoms with Crippen molar-refractivity contribution >= 4 is 16.9 Å². The third kappa shape index (κ3) is 2.88. The molecule has 118 valence electrons. The largest absolute Gasteiger partial charge is 0.394 e. The van der Waals surface area contributed by atoms with Gasteiger partial charge in [0.15, 0.2) is 6.23 Å². The number of fused-ring (bicyclic) bond motifs is 1. The standard InChI is InChI=1S/C14H18N4O4/c1-3-9-4-18(14-12(9)13(15)16-7-17-14)11(6-20)22-10(5-19)8(2)21/h1,4,7-8,10-11,19-21H,5-6H2,2H3,(H2,15,16,17). The lowest BCUT2D eigenvalue weighted by atomic mass is 10.2. The van der Waals surface area contributed by atoms with Gasteiger partial charge in [-0.25, -0.2) is 9.97 Å². The third-order valence-corrected chi connectivity index (χ3v) is 3.31. The van der Waals surface area contributed by atoms with Crippen molar-refractivity contribution in [1.82, 2.24) is 14.5 Å². The van der Waals surface area contributed by atoms with Gasteiger partial charge in [0.05, 0.1) is 30.3 Å². The van der Waals surface area contributed by atoms with Crippen LogP contribution in [0.5, 0.6) is 0 Å². The van der Waals surface area contributed by atoms with Crippen LogP contribution in [-0.2, 0) is 4.74 Å². The van der Waals surface area contributed by atoms with Gasteiger partial charge in [-0.05, 0) is 6.92 Å². The zero-order valence-electron chi connectivity index (χ0n) is 12.0. The van der Waals surface area contributed by atoms with Crippen molar-refractivity contribution in [2.75, 3.05) is 18.9 Å². The lowest BCUT2D eigenvalue weighted by Gasteiger charge is -2.25. The summed E-state index contributed by atoms with van der Waals surface area (Å²) in [6, 6.07) is 0. The van der Waals surface area contributed by atoms with Crippen molar-refractivity contribution in [3.05, 3.63) is 18.1 Å². The molecule has 0 spiro atoms. The smallest absolute Gasteiger partial charge is 0.159 e. The minimum atomic E-state index is -0.910. The van der Waals surface area contributed by atoms with Crippen LogP contribution < -0.4 is 5.73 Å². The van der Waals surface area contributed by atoms with Crippen LogP contribution in [0.1, 0.15) is 18.7 Å². The van der Waals surface area contributed by atoms with Crippen LogP contribution in [0.3, 0.4) is 0 Å². The summed E-state index contributed by atoms with van der Waals surface area (Å²) >= 11 is 0. The SMILES string of the molecule is C#Cc1cn(C(CO)OC(CO)C(C)O)c2ncnc(N)c12. The van der Waals surface area contributed by atoms with E-state index in [1.807, 2.05) is 0 Å². The van der Waals surface area contributed by atoms with E-state index in [-0.39, 0.29) is 5.82 Å². The van der Waals surface area contributed by atoms with Gasteiger partial charge in [0.2, 0.25) is 0 Å². The van der Waals surface area contributed by atoms with E-state index in [4.69, 9.17) is 16.9 Å². The van der Waals surface area contributed by atoms with Gasteiger partial charge < -0.3 is 30.4 Å². The summed E-state index contributed by atoms with van der Waals surface area (Å²) in [5.41, 5.74) is 6.69. The normalized spacial score (nSPS) is 15.4. The van der Waals surface area contributed by atoms with Crippen LogP contribution in [0.4, 0.5) is 5.82 Å². The maximum Gasteiger partial charge on any atom is 0.159 e. The average Bonchev–Trinajstić information content (AvgIpc) is 2.88. The number of aliphatic hydroxyl groups is 3. The van der Waals surface area contributed by atoms with Crippen LogP contribution in [0.15, 0.2) is 12.5 Å². The molecule has 8 heteroatoms. The summed E-state index contributed by atoms with van der Waals surface area (Å²) in [4.78, 5) is 8.01. The quantitative estimate of drug-likeness (QED) is 0.517. The number of hydrogen-bond acceptors (Lipinski definition) is 7. The second kappa shape index (κ2) is 6.72. The number of rotatable bonds is 6. The summed E-state index contributed by atoms with van der Waals surface area (Å²) < 4.78 is 7.05. The van der Waals surface area contributed by atoms with Gasteiger partial charge in [0.25, 0.3) is 0 Å². The molecule has 5 N–H and O–H groups in total. The van der Waals surface area contributed by atoms with E-state index in [1.54, 1.807) is 6.20 Å². The third-order valence-electron chi connectivity index (χ3n) is 3.31. The molecule has 0 bridgehead atoms. The molecule has 3 atom stereocenters. The lowest BCUT2D eigenvalue weighted by molar-refractivity contribution is -0.131. The molecular weight excluding hydrogens is 288 g/mol. The number of nitrogens with zero attached hydrogens (tertiary/aromatic N) is 3. The van der Waals surface area contributed by atoms with Crippen LogP contribution in [0.2, 0.25) is 0 Å². The molecule has 22 heavy (non-hydrogen) atoms. The van der Waals surface area contributed by atoms with E-state index in [0.29, 0.717) is 16.6 Å². The molecule has 3 unspecified atom stereocenters. The first-order valence-electron chi connectivity index (χ1n) is 6.66. The summed E-state index contributed by atoms with van der Waals surface area (Å²) in [6.45, 7) is 0.684. The van der Waals surface area contributed by atoms with Crippen LogP contribution in [-0.4, -0.2) is 55.3 Å². The van der Waals surface area contributed by atoms with E-state index in [2.05, 4.69) is 15.9 Å². The van der Waals surface area contributed by atoms with Gasteiger partial charge in [-0.1, -0.05) is 5.92 Å². The number of aromatic nitrogens is 3. The molecule has 0 aromatic carbocycles. The minimum absolute atomic E-state index is 0.225. The van der Waals surface area contributed by atoms with Crippen LogP contribution in [0, 0.1) is 12.3 Å². The number of ether oxygens (including phenoxy) is 1. The first kappa shape index (κ1) is 16.2. The zero-order chi connectivity index (χ0) is 16.3. The fourth-order valence-corrected chi connectivity index (χ4v) is 2.14. The van der Waals surface area contributed by atoms with Gasteiger partial charge in [-0.2, -0.15) is 0 Å². The molecular formula is C14H18N4O4. The second-order valence-corrected chi connectivity index (χ2v) is 4.79. The van der Waals surface area contributed by atoms with E-state index in [0.717, 1.165) is 0 Å². The van der Waals surface area contributed by atoms with Crippen molar-refractivity contribution in [3.63, 3.8) is 0 Å². The minimum Gasteiger partial charge on any atom is -0.394 e. The number of aliphatic hydroxyl groups excluding tert-OH is 3. The Morgan fingerprint density at radius 3 is 2.68 bits per heavy atom. The molecule has 2 aromatic heterocycles. The maximum absolute atomic E-state index is 9.58. The number of nitrogen functional groups attached to an aromatic ring is 1. The highest BCUT2D eigenvalue weighted by Gasteiger charge is 2.24. The van der Waals surface area contributed by atoms with Gasteiger partial charge in [0.1, 0.15) is 23.9 Å². The van der Waals surface area contributed by atoms with E-state index >= 15 is 0 Å². The van der Waals surface area contributed by atoms with Crippen molar-refractivity contribution in [2.24, 2.45) is 0 Å². The first-order chi connectivity index (χ1) is 10.5. The van der Waals surface area contributed by atoms with E-state index in [9.17, 15) is 15.3 Å². The van der Waals surface area contributed by atoms with Gasteiger partial charge >= 0.3 is 0 Å². The van der Waals surface area contributed by atoms with Crippen LogP contribution in [0.25, 0.3) is 11.0 Å². The molecule has 2 rings (SSSR count). The number of nitrogens with two attached hydrogens (primary N) is 1. The molecule has 0 radical (unpaired) electrons. The molecule has 2 heterocycles. The Balaban J connectivity index is 2.48. The van der Waals surface area contributed by atoms with Crippen molar-refractivity contribution in [3.8, 4) is 12.3 Å². The fraction of sp³-hybridized carbons (Fsp3) is 0.429. The second-order valence-electron chi connectivity index (χ2n) is 4.79. The highest BCUT2D eigenvalue weighted by atomic mass is 16.5. The highest BCUT2D eigenvalue weighted by Crippen LogP contribution is 2.27. The Morgan fingerprint density at radius 1 is 1.41 bits per heavy atom. The van der Waals surface area contributed by atoms with Gasteiger partial charge in [-0.3, -0.25) is 0 Å². The Hall–Kier alpha value is -2.18. The Morgan fingerprint density at radius 2 is 2.14 bits per heavy atom. The molecule has 2 aromatic rings. The Labute approximate surface area is 127 Å². The monoisotopic (exact) mass is 306 g/mol. The summed E-state index contributed by atoms with van der Waals surface area (Å²) in [7, 11) is 0. The Bertz CT molecular complexity index is 692. The summed E-state index contributed by atoms with van der Waals surface area (Å²) in [5, 5.41) is 28.9. The predicted octanol–water partition coefficient (Wildman–Crippen LogP) is -0.756. The fourth-order valence-electron chi connectivity index (χ4n) is 2.14. The molecule has 0 aliphatic heterocycles. The van der Waals surface area contributed by atoms with Crippen LogP contribution >= 0.6 is 0 Å². The van der Waals surface area contributed by atoms with Crippen molar-refractivity contribution in [2.45, 2.75) is 25.4 Å². The molecule has 0 amide bonds. The summed E-state index contributed by atoms with van der Waals surface area (Å²) in [6.07, 6.45) is 5.65. The molecule has 0 saturated heterocycles. The predicted molar refractivity (Wildman–Crippen MR) is 79.6 cm³/mol. The molecule has 8 nitrogen and oxygen atoms in total. The average molecular weight is 306 g/mol. The topological polar surface area (TPSA) is 127 Å². The maximum atomic E-state index is 9.58. The first-order valence-corrected chi connectivity index (χ1v) is 6.66. The number of hydrogen-bond donors (Lipinski definition) is 4. The number of anilines is 1. The Kier molecular flexibility index (Phi) is 4.95. The van der Waals surface area contributed by atoms with Crippen molar-refractivity contribution < 1.29 is 20.1 Å². The van der Waals surface area contributed by atoms with E-state index < -0.39 is 31.6 Å². The van der Waals surface area contributed by atoms with Crippen molar-refractivity contribution in [1.29, 1.82) is 0 Å². The molecule has 0 fully saturated rings. The molecule has 0 aliphatic rings. The van der Waals surface area contributed by atoms with Gasteiger partial charge in [0, 0.05) is 6.20 Å². The number of terminal acetylenes is 1. The highest BCUT2D eigenvalue weighted by molar-refractivity contribution is 5.92. The molecule has 0 aliphatic carbocycles. The zero-order valence-corrected chi connectivity index (χ0v) is 12.0. The molecule has 0 saturated carbocycles.